The second kappa shape index (κ2) is 8.85. The van der Waals surface area contributed by atoms with Crippen LogP contribution in [0.25, 0.3) is 0 Å². The van der Waals surface area contributed by atoms with Gasteiger partial charge < -0.3 is 19.3 Å². The lowest BCUT2D eigenvalue weighted by atomic mass is 9.71. The van der Waals surface area contributed by atoms with Crippen molar-refractivity contribution in [2.75, 3.05) is 32.8 Å². The van der Waals surface area contributed by atoms with E-state index in [9.17, 15) is 18.4 Å². The maximum absolute atomic E-state index is 15.1. The minimum Gasteiger partial charge on any atom is -0.419 e. The first kappa shape index (κ1) is 25.8. The van der Waals surface area contributed by atoms with Crippen LogP contribution in [0.5, 0.6) is 0 Å². The molecule has 2 unspecified atom stereocenters. The van der Waals surface area contributed by atoms with E-state index in [0.717, 1.165) is 12.1 Å². The van der Waals surface area contributed by atoms with Gasteiger partial charge in [-0.1, -0.05) is 35.2 Å². The third kappa shape index (κ3) is 4.43. The van der Waals surface area contributed by atoms with Crippen LogP contribution in [-0.4, -0.2) is 75.6 Å². The maximum atomic E-state index is 15.1. The van der Waals surface area contributed by atoms with E-state index in [2.05, 4.69) is 22.0 Å². The summed E-state index contributed by atoms with van der Waals surface area (Å²) in [6.45, 7) is -0.520. The van der Waals surface area contributed by atoms with Crippen molar-refractivity contribution in [3.05, 3.63) is 45.6 Å². The normalized spacial score (nSPS) is 23.4. The molecule has 8 nitrogen and oxygen atoms in total. The van der Waals surface area contributed by atoms with E-state index < -0.39 is 65.4 Å². The lowest BCUT2D eigenvalue weighted by Crippen LogP contribution is -2.62. The second-order valence-electron chi connectivity index (χ2n) is 9.42. The molecule has 3 fully saturated rings. The summed E-state index contributed by atoms with van der Waals surface area (Å²) in [6.07, 6.45) is -0.517. The first-order chi connectivity index (χ1) is 17.4. The van der Waals surface area contributed by atoms with Crippen molar-refractivity contribution in [2.24, 2.45) is 11.3 Å². The van der Waals surface area contributed by atoms with Gasteiger partial charge in [0.15, 0.2) is 0 Å². The van der Waals surface area contributed by atoms with Crippen LogP contribution in [0.1, 0.15) is 29.7 Å². The number of rotatable bonds is 4. The zero-order valence-corrected chi connectivity index (χ0v) is 20.4. The third-order valence-corrected chi connectivity index (χ3v) is 7.69. The highest BCUT2D eigenvalue weighted by atomic mass is 35.5. The Kier molecular flexibility index (Phi) is 6.16. The minimum atomic E-state index is -3.72. The fourth-order valence-electron chi connectivity index (χ4n) is 4.87. The van der Waals surface area contributed by atoms with Crippen molar-refractivity contribution in [1.29, 1.82) is 0 Å². The fraction of sp³-hybridized carbons (Fsp3) is 0.478. The monoisotopic (exact) mass is 560 g/mol. The molecule has 1 aromatic heterocycles. The number of amides is 2. The summed E-state index contributed by atoms with van der Waals surface area (Å²) < 4.78 is 62.5. The number of hydrogen-bond acceptors (Lipinski definition) is 6. The summed E-state index contributed by atoms with van der Waals surface area (Å²) >= 11 is 11.7. The molecule has 14 heteroatoms. The molecule has 0 radical (unpaired) electrons. The second-order valence-corrected chi connectivity index (χ2v) is 10.2. The number of carbonyl (C=O) groups is 2. The number of aromatic nitrogens is 2. The van der Waals surface area contributed by atoms with E-state index in [1.165, 1.54) is 15.9 Å². The molecule has 1 aromatic carbocycles. The maximum Gasteiger partial charge on any atom is 0.349 e. The Morgan fingerprint density at radius 2 is 1.84 bits per heavy atom. The Morgan fingerprint density at radius 1 is 1.16 bits per heavy atom. The van der Waals surface area contributed by atoms with Gasteiger partial charge in [-0.3, -0.25) is 9.59 Å². The number of nitrogens with zero attached hydrogens (tertiary/aromatic N) is 4. The molecular weight excluding hydrogens is 543 g/mol. The largest absolute Gasteiger partial charge is 0.419 e. The van der Waals surface area contributed by atoms with Crippen molar-refractivity contribution in [3.63, 3.8) is 0 Å². The average molecular weight is 561 g/mol. The Hall–Kier alpha value is -2.88. The van der Waals surface area contributed by atoms with Gasteiger partial charge in [0.25, 0.3) is 17.7 Å². The molecule has 37 heavy (non-hydrogen) atoms. The number of likely N-dealkylation sites (tertiary alicyclic amines) is 2. The molecule has 2 atom stereocenters. The highest BCUT2D eigenvalue weighted by Crippen LogP contribution is 2.54. The molecule has 1 aliphatic carbocycles. The average Bonchev–Trinajstić information content (AvgIpc) is 3.20. The molecule has 1 saturated carbocycles. The van der Waals surface area contributed by atoms with Crippen LogP contribution < -0.4 is 0 Å². The van der Waals surface area contributed by atoms with Gasteiger partial charge in [0.2, 0.25) is 11.8 Å². The SMILES string of the molecule is O=C(C#CCO)N1CC(c2nnc(C(F)(F)c3ccc(Cl)c(Cl)c3)o2)C2(C1)CN(C(=O)C1CC1(F)F)C2. The van der Waals surface area contributed by atoms with E-state index in [4.69, 9.17) is 32.7 Å². The Balaban J connectivity index is 1.41. The molecule has 1 spiro atoms. The molecule has 2 saturated heterocycles. The van der Waals surface area contributed by atoms with E-state index in [1.54, 1.807) is 0 Å². The molecular formula is C23H18Cl2F4N4O4. The van der Waals surface area contributed by atoms with Crippen molar-refractivity contribution < 1.29 is 36.7 Å². The molecule has 5 rings (SSSR count). The first-order valence-corrected chi connectivity index (χ1v) is 11.9. The summed E-state index contributed by atoms with van der Waals surface area (Å²) in [7, 11) is 0. The number of aliphatic hydroxyl groups excluding tert-OH is 1. The first-order valence-electron chi connectivity index (χ1n) is 11.1. The van der Waals surface area contributed by atoms with Crippen molar-refractivity contribution in [1.82, 2.24) is 20.0 Å². The molecule has 3 heterocycles. The summed E-state index contributed by atoms with van der Waals surface area (Å²) in [5.74, 6) is -6.90. The summed E-state index contributed by atoms with van der Waals surface area (Å²) in [4.78, 5) is 27.5. The topological polar surface area (TPSA) is 99.8 Å². The smallest absolute Gasteiger partial charge is 0.349 e. The van der Waals surface area contributed by atoms with Gasteiger partial charge in [-0.2, -0.15) is 8.78 Å². The van der Waals surface area contributed by atoms with Crippen molar-refractivity contribution in [2.45, 2.75) is 24.2 Å². The predicted molar refractivity (Wildman–Crippen MR) is 120 cm³/mol. The van der Waals surface area contributed by atoms with E-state index >= 15 is 8.78 Å². The Morgan fingerprint density at radius 3 is 2.46 bits per heavy atom. The van der Waals surface area contributed by atoms with Crippen LogP contribution in [0, 0.1) is 23.2 Å². The van der Waals surface area contributed by atoms with Crippen LogP contribution in [0.4, 0.5) is 17.6 Å². The Bertz CT molecular complexity index is 1340. The van der Waals surface area contributed by atoms with E-state index in [1.807, 2.05) is 0 Å². The van der Waals surface area contributed by atoms with Gasteiger partial charge >= 0.3 is 5.92 Å². The summed E-state index contributed by atoms with van der Waals surface area (Å²) in [6, 6.07) is 3.25. The number of alkyl halides is 4. The molecule has 0 bridgehead atoms. The molecule has 3 aliphatic rings. The molecule has 1 N–H and O–H groups in total. The van der Waals surface area contributed by atoms with Crippen LogP contribution in [0.3, 0.4) is 0 Å². The van der Waals surface area contributed by atoms with Gasteiger partial charge in [-0.05, 0) is 18.1 Å². The zero-order valence-electron chi connectivity index (χ0n) is 18.9. The number of benzene rings is 1. The van der Waals surface area contributed by atoms with E-state index in [0.29, 0.717) is 0 Å². The number of hydrogen-bond donors (Lipinski definition) is 1. The van der Waals surface area contributed by atoms with Gasteiger partial charge in [-0.25, -0.2) is 8.78 Å². The van der Waals surface area contributed by atoms with Gasteiger partial charge in [0.05, 0.1) is 16.0 Å². The lowest BCUT2D eigenvalue weighted by molar-refractivity contribution is -0.147. The van der Waals surface area contributed by atoms with Crippen LogP contribution in [0.2, 0.25) is 10.0 Å². The number of carbonyl (C=O) groups excluding carboxylic acids is 2. The van der Waals surface area contributed by atoms with Crippen LogP contribution >= 0.6 is 23.2 Å². The quantitative estimate of drug-likeness (QED) is 0.456. The molecule has 196 valence electrons. The van der Waals surface area contributed by atoms with Gasteiger partial charge in [0, 0.05) is 43.6 Å². The summed E-state index contributed by atoms with van der Waals surface area (Å²) in [5, 5.41) is 16.2. The minimum absolute atomic E-state index is 0.00118. The lowest BCUT2D eigenvalue weighted by Gasteiger charge is -2.50. The van der Waals surface area contributed by atoms with Crippen LogP contribution in [0.15, 0.2) is 22.6 Å². The molecule has 2 aromatic rings. The Labute approximate surface area is 217 Å². The van der Waals surface area contributed by atoms with E-state index in [-0.39, 0.29) is 42.1 Å². The van der Waals surface area contributed by atoms with Gasteiger partial charge in [0.1, 0.15) is 12.5 Å². The third-order valence-electron chi connectivity index (χ3n) is 6.95. The highest BCUT2D eigenvalue weighted by molar-refractivity contribution is 6.42. The summed E-state index contributed by atoms with van der Waals surface area (Å²) in [5.41, 5.74) is -1.40. The predicted octanol–water partition coefficient (Wildman–Crippen LogP) is 2.92. The van der Waals surface area contributed by atoms with Crippen molar-refractivity contribution in [3.8, 4) is 11.8 Å². The fourth-order valence-corrected chi connectivity index (χ4v) is 5.16. The van der Waals surface area contributed by atoms with Gasteiger partial charge in [-0.15, -0.1) is 10.2 Å². The molecule has 2 amide bonds. The molecule has 2 aliphatic heterocycles. The standard InChI is InChI=1S/C23H18Cl2F4N4O4/c24-15-4-3-12(6-16(15)25)23(28,29)20-31-30-18(37-20)14-8-32(17(35)2-1-5-34)9-21(14)10-33(11-21)19(36)13-7-22(13,26)27/h3-4,6,13-14,34H,5,7-11H2. The van der Waals surface area contributed by atoms with Crippen molar-refractivity contribution >= 4 is 35.0 Å². The van der Waals surface area contributed by atoms with Crippen LogP contribution in [-0.2, 0) is 15.5 Å². The number of aliphatic hydroxyl groups is 1. The zero-order chi connectivity index (χ0) is 26.8. The number of halogens is 6. The highest BCUT2D eigenvalue weighted by Gasteiger charge is 2.66.